The van der Waals surface area contributed by atoms with Gasteiger partial charge in [-0.1, -0.05) is 23.7 Å². The first-order chi connectivity index (χ1) is 10.4. The molecule has 1 amide bonds. The molecule has 1 saturated heterocycles. The van der Waals surface area contributed by atoms with Gasteiger partial charge < -0.3 is 14.7 Å². The zero-order valence-electron chi connectivity index (χ0n) is 12.0. The number of benzene rings is 1. The van der Waals surface area contributed by atoms with Crippen molar-refractivity contribution in [1.29, 1.82) is 0 Å². The number of carboxylic acids is 1. The van der Waals surface area contributed by atoms with Gasteiger partial charge in [-0.15, -0.1) is 0 Å². The minimum Gasteiger partial charge on any atom is -0.480 e. The Kier molecular flexibility index (Phi) is 5.03. The fourth-order valence-electron chi connectivity index (χ4n) is 2.53. The number of amides is 1. The first kappa shape index (κ1) is 16.3. The van der Waals surface area contributed by atoms with E-state index in [1.54, 1.807) is 24.3 Å². The van der Waals surface area contributed by atoms with Gasteiger partial charge in [0.2, 0.25) is 5.91 Å². The molecule has 1 fully saturated rings. The number of rotatable bonds is 5. The van der Waals surface area contributed by atoms with Crippen molar-refractivity contribution in [3.63, 3.8) is 0 Å². The molecule has 0 aromatic heterocycles. The first-order valence-electron chi connectivity index (χ1n) is 6.77. The maximum absolute atomic E-state index is 12.0. The second-order valence-corrected chi connectivity index (χ2v) is 5.59. The van der Waals surface area contributed by atoms with Gasteiger partial charge in [0.15, 0.2) is 0 Å². The number of carbonyl (C=O) groups excluding carboxylic acids is 2. The van der Waals surface area contributed by atoms with E-state index in [4.69, 9.17) is 11.6 Å². The van der Waals surface area contributed by atoms with Gasteiger partial charge in [-0.05, 0) is 17.7 Å². The highest BCUT2D eigenvalue weighted by molar-refractivity contribution is 6.30. The second kappa shape index (κ2) is 6.79. The van der Waals surface area contributed by atoms with E-state index < -0.39 is 23.9 Å². The van der Waals surface area contributed by atoms with Gasteiger partial charge >= 0.3 is 11.9 Å². The largest absolute Gasteiger partial charge is 0.480 e. The highest BCUT2D eigenvalue weighted by Gasteiger charge is 2.40. The van der Waals surface area contributed by atoms with Crippen LogP contribution in [0, 0.1) is 5.92 Å². The number of carbonyl (C=O) groups is 3. The van der Waals surface area contributed by atoms with Crippen LogP contribution in [0.3, 0.4) is 0 Å². The molecule has 118 valence electrons. The lowest BCUT2D eigenvalue weighted by Crippen LogP contribution is -2.44. The van der Waals surface area contributed by atoms with E-state index in [2.05, 4.69) is 4.74 Å². The first-order valence-corrected chi connectivity index (χ1v) is 7.14. The highest BCUT2D eigenvalue weighted by atomic mass is 35.5. The molecule has 0 radical (unpaired) electrons. The van der Waals surface area contributed by atoms with E-state index in [1.165, 1.54) is 12.0 Å². The Balaban J connectivity index is 2.14. The van der Waals surface area contributed by atoms with E-state index in [0.717, 1.165) is 5.56 Å². The standard InChI is InChI=1S/C15H16ClNO5/c1-22-15(21)10-7-13(18)17(8-10)12(14(19)20)6-9-2-4-11(16)5-3-9/h2-5,10,12H,6-8H2,1H3,(H,19,20)/t10?,12-/m0/s1. The molecule has 0 saturated carbocycles. The van der Waals surface area contributed by atoms with Crippen molar-refractivity contribution < 1.29 is 24.2 Å². The molecule has 2 rings (SSSR count). The number of esters is 1. The summed E-state index contributed by atoms with van der Waals surface area (Å²) in [5.74, 6) is -2.55. The molecular formula is C15H16ClNO5. The van der Waals surface area contributed by atoms with E-state index in [0.29, 0.717) is 5.02 Å². The summed E-state index contributed by atoms with van der Waals surface area (Å²) in [7, 11) is 1.25. The maximum Gasteiger partial charge on any atom is 0.326 e. The van der Waals surface area contributed by atoms with Gasteiger partial charge in [-0.3, -0.25) is 9.59 Å². The third-order valence-electron chi connectivity index (χ3n) is 3.70. The molecule has 2 atom stereocenters. The van der Waals surface area contributed by atoms with Crippen molar-refractivity contribution in [2.24, 2.45) is 5.92 Å². The summed E-state index contributed by atoms with van der Waals surface area (Å²) in [6.07, 6.45) is 0.142. The predicted molar refractivity (Wildman–Crippen MR) is 78.4 cm³/mol. The summed E-state index contributed by atoms with van der Waals surface area (Å²) < 4.78 is 4.62. The van der Waals surface area contributed by atoms with Crippen molar-refractivity contribution in [3.8, 4) is 0 Å². The van der Waals surface area contributed by atoms with Crippen LogP contribution < -0.4 is 0 Å². The van der Waals surface area contributed by atoms with E-state index >= 15 is 0 Å². The average molecular weight is 326 g/mol. The van der Waals surface area contributed by atoms with Crippen molar-refractivity contribution in [2.75, 3.05) is 13.7 Å². The molecule has 6 nitrogen and oxygen atoms in total. The molecule has 1 N–H and O–H groups in total. The molecule has 1 unspecified atom stereocenters. The molecule has 0 bridgehead atoms. The lowest BCUT2D eigenvalue weighted by atomic mass is 10.0. The summed E-state index contributed by atoms with van der Waals surface area (Å²) in [5.41, 5.74) is 0.756. The Hall–Kier alpha value is -2.08. The number of hydrogen-bond acceptors (Lipinski definition) is 4. The van der Waals surface area contributed by atoms with Crippen LogP contribution in [0.2, 0.25) is 5.02 Å². The average Bonchev–Trinajstić information content (AvgIpc) is 2.87. The second-order valence-electron chi connectivity index (χ2n) is 5.15. The van der Waals surface area contributed by atoms with Crippen LogP contribution in [-0.2, 0) is 25.5 Å². The zero-order valence-corrected chi connectivity index (χ0v) is 12.7. The van der Waals surface area contributed by atoms with Gasteiger partial charge in [0.1, 0.15) is 6.04 Å². The molecule has 1 aromatic rings. The fraction of sp³-hybridized carbons (Fsp3) is 0.400. The lowest BCUT2D eigenvalue weighted by Gasteiger charge is -2.24. The zero-order chi connectivity index (χ0) is 16.3. The topological polar surface area (TPSA) is 83.9 Å². The number of halogens is 1. The van der Waals surface area contributed by atoms with Crippen LogP contribution in [0.5, 0.6) is 0 Å². The minimum atomic E-state index is -1.10. The van der Waals surface area contributed by atoms with E-state index in [-0.39, 0.29) is 25.3 Å². The van der Waals surface area contributed by atoms with Gasteiger partial charge in [0.05, 0.1) is 13.0 Å². The van der Waals surface area contributed by atoms with E-state index in [1.807, 2.05) is 0 Å². The Morgan fingerprint density at radius 3 is 2.59 bits per heavy atom. The summed E-state index contributed by atoms with van der Waals surface area (Å²) in [6.45, 7) is 0.0655. The molecule has 1 aromatic carbocycles. The normalized spacial score (nSPS) is 19.1. The third kappa shape index (κ3) is 3.57. The monoisotopic (exact) mass is 325 g/mol. The van der Waals surface area contributed by atoms with Crippen LogP contribution in [0.15, 0.2) is 24.3 Å². The predicted octanol–water partition coefficient (Wildman–Crippen LogP) is 1.36. The lowest BCUT2D eigenvalue weighted by molar-refractivity contribution is -0.148. The summed E-state index contributed by atoms with van der Waals surface area (Å²) in [4.78, 5) is 36.3. The molecule has 1 aliphatic heterocycles. The van der Waals surface area contributed by atoms with Crippen LogP contribution in [0.25, 0.3) is 0 Å². The maximum atomic E-state index is 12.0. The summed E-state index contributed by atoms with van der Waals surface area (Å²) in [6, 6.07) is 5.76. The molecule has 1 aliphatic rings. The SMILES string of the molecule is COC(=O)C1CC(=O)N([C@@H](Cc2ccc(Cl)cc2)C(=O)O)C1. The summed E-state index contributed by atoms with van der Waals surface area (Å²) in [5, 5.41) is 9.97. The Morgan fingerprint density at radius 2 is 2.05 bits per heavy atom. The van der Waals surface area contributed by atoms with Crippen molar-refractivity contribution in [1.82, 2.24) is 4.90 Å². The summed E-state index contributed by atoms with van der Waals surface area (Å²) >= 11 is 5.80. The third-order valence-corrected chi connectivity index (χ3v) is 3.95. The highest BCUT2D eigenvalue weighted by Crippen LogP contribution is 2.23. The van der Waals surface area contributed by atoms with Crippen LogP contribution in [0.4, 0.5) is 0 Å². The Morgan fingerprint density at radius 1 is 1.41 bits per heavy atom. The van der Waals surface area contributed by atoms with Crippen LogP contribution in [-0.4, -0.2) is 47.5 Å². The van der Waals surface area contributed by atoms with Gasteiger partial charge in [0.25, 0.3) is 0 Å². The molecule has 0 spiro atoms. The van der Waals surface area contributed by atoms with Gasteiger partial charge in [-0.25, -0.2) is 4.79 Å². The van der Waals surface area contributed by atoms with Crippen LogP contribution >= 0.6 is 11.6 Å². The molecule has 22 heavy (non-hydrogen) atoms. The van der Waals surface area contributed by atoms with E-state index in [9.17, 15) is 19.5 Å². The Bertz CT molecular complexity index is 586. The number of aliphatic carboxylic acids is 1. The molecule has 1 heterocycles. The van der Waals surface area contributed by atoms with Crippen molar-refractivity contribution in [2.45, 2.75) is 18.9 Å². The van der Waals surface area contributed by atoms with Gasteiger partial charge in [0, 0.05) is 24.4 Å². The number of methoxy groups -OCH3 is 1. The van der Waals surface area contributed by atoms with Crippen molar-refractivity contribution in [3.05, 3.63) is 34.9 Å². The Labute approximate surface area is 132 Å². The number of nitrogens with zero attached hydrogens (tertiary/aromatic N) is 1. The number of carboxylic acid groups (broad SMARTS) is 1. The molecule has 0 aliphatic carbocycles. The number of ether oxygens (including phenoxy) is 1. The smallest absolute Gasteiger partial charge is 0.326 e. The molecular weight excluding hydrogens is 310 g/mol. The quantitative estimate of drug-likeness (QED) is 0.826. The fourth-order valence-corrected chi connectivity index (χ4v) is 2.66. The minimum absolute atomic E-state index is 0.0168. The van der Waals surface area contributed by atoms with Gasteiger partial charge in [-0.2, -0.15) is 0 Å². The number of hydrogen-bond donors (Lipinski definition) is 1. The van der Waals surface area contributed by atoms with Crippen LogP contribution in [0.1, 0.15) is 12.0 Å². The number of likely N-dealkylation sites (tertiary alicyclic amines) is 1. The molecule has 7 heteroatoms. The van der Waals surface area contributed by atoms with Crippen molar-refractivity contribution >= 4 is 29.4 Å².